The topological polar surface area (TPSA) is 83.8 Å². The molecule has 3 rings (SSSR count). The van der Waals surface area contributed by atoms with Crippen molar-refractivity contribution in [2.75, 3.05) is 0 Å². The lowest BCUT2D eigenvalue weighted by Gasteiger charge is -2.15. The number of hydrogen-bond donors (Lipinski definition) is 2. The summed E-state index contributed by atoms with van der Waals surface area (Å²) in [5, 5.41) is 9.83. The lowest BCUT2D eigenvalue weighted by molar-refractivity contribution is 0.138. The van der Waals surface area contributed by atoms with Gasteiger partial charge in [-0.3, -0.25) is 4.79 Å². The summed E-state index contributed by atoms with van der Waals surface area (Å²) in [6.45, 7) is 0. The summed E-state index contributed by atoms with van der Waals surface area (Å²) in [7, 11) is 0. The van der Waals surface area contributed by atoms with Gasteiger partial charge >= 0.3 is 0 Å². The number of nitrogens with one attached hydrogen (secondary N) is 1. The van der Waals surface area contributed by atoms with Gasteiger partial charge in [0.15, 0.2) is 11.2 Å². The van der Waals surface area contributed by atoms with Gasteiger partial charge in [-0.1, -0.05) is 0 Å². The summed E-state index contributed by atoms with van der Waals surface area (Å²) in [5.41, 5.74) is 0.646. The average molecular weight is 220 g/mol. The van der Waals surface area contributed by atoms with Gasteiger partial charge in [0.1, 0.15) is 0 Å². The number of aliphatic hydroxyl groups excluding tert-OH is 1. The van der Waals surface area contributed by atoms with Gasteiger partial charge in [0.2, 0.25) is 0 Å². The number of hydrogen-bond acceptors (Lipinski definition) is 4. The molecular weight excluding hydrogens is 208 g/mol. The van der Waals surface area contributed by atoms with Crippen molar-refractivity contribution in [3.63, 3.8) is 0 Å². The molecule has 0 spiro atoms. The zero-order valence-corrected chi connectivity index (χ0v) is 8.63. The van der Waals surface area contributed by atoms with Crippen LogP contribution in [-0.4, -0.2) is 30.7 Å². The first-order chi connectivity index (χ1) is 7.77. The molecule has 0 aliphatic heterocycles. The number of aromatic nitrogens is 4. The SMILES string of the molecule is O=c1[nH]cnc2c1ncn2[C@@H]1CCC[C@@H]1O. The zero-order valence-electron chi connectivity index (χ0n) is 8.63. The second-order valence-electron chi connectivity index (χ2n) is 4.12. The van der Waals surface area contributed by atoms with Gasteiger partial charge in [0, 0.05) is 0 Å². The van der Waals surface area contributed by atoms with Crippen molar-refractivity contribution in [1.29, 1.82) is 0 Å². The largest absolute Gasteiger partial charge is 0.391 e. The highest BCUT2D eigenvalue weighted by molar-refractivity contribution is 5.68. The van der Waals surface area contributed by atoms with E-state index in [4.69, 9.17) is 0 Å². The summed E-state index contributed by atoms with van der Waals surface area (Å²) in [6, 6.07) is -0.000648. The molecule has 0 amide bonds. The molecular formula is C10H12N4O2. The summed E-state index contributed by atoms with van der Waals surface area (Å²) < 4.78 is 1.81. The minimum atomic E-state index is -0.363. The van der Waals surface area contributed by atoms with Gasteiger partial charge < -0.3 is 14.7 Å². The molecule has 0 aromatic carbocycles. The first kappa shape index (κ1) is 9.53. The highest BCUT2D eigenvalue weighted by atomic mass is 16.3. The van der Waals surface area contributed by atoms with E-state index in [1.54, 1.807) is 6.33 Å². The van der Waals surface area contributed by atoms with E-state index in [9.17, 15) is 9.90 Å². The van der Waals surface area contributed by atoms with Gasteiger partial charge in [-0.25, -0.2) is 9.97 Å². The molecule has 1 aliphatic carbocycles. The number of nitrogens with zero attached hydrogens (tertiary/aromatic N) is 3. The first-order valence-electron chi connectivity index (χ1n) is 5.35. The summed E-state index contributed by atoms with van der Waals surface area (Å²) in [6.07, 6.45) is 5.29. The molecule has 2 aromatic heterocycles. The quantitative estimate of drug-likeness (QED) is 0.719. The van der Waals surface area contributed by atoms with Crippen molar-refractivity contribution in [2.45, 2.75) is 31.4 Å². The lowest BCUT2D eigenvalue weighted by atomic mass is 10.2. The molecule has 1 fully saturated rings. The Hall–Kier alpha value is -1.69. The van der Waals surface area contributed by atoms with Crippen LogP contribution in [0.1, 0.15) is 25.3 Å². The summed E-state index contributed by atoms with van der Waals surface area (Å²) >= 11 is 0. The fraction of sp³-hybridized carbons (Fsp3) is 0.500. The van der Waals surface area contributed by atoms with Crippen molar-refractivity contribution in [1.82, 2.24) is 19.5 Å². The third-order valence-electron chi connectivity index (χ3n) is 3.17. The average Bonchev–Trinajstić information content (AvgIpc) is 2.84. The molecule has 2 heterocycles. The molecule has 84 valence electrons. The van der Waals surface area contributed by atoms with Crippen LogP contribution in [0.2, 0.25) is 0 Å². The van der Waals surface area contributed by atoms with Crippen molar-refractivity contribution >= 4 is 11.2 Å². The minimum absolute atomic E-state index is 0.000648. The van der Waals surface area contributed by atoms with E-state index in [1.165, 1.54) is 6.33 Å². The molecule has 0 unspecified atom stereocenters. The number of aromatic amines is 1. The second-order valence-corrected chi connectivity index (χ2v) is 4.12. The van der Waals surface area contributed by atoms with E-state index in [0.717, 1.165) is 19.3 Å². The van der Waals surface area contributed by atoms with Crippen LogP contribution in [-0.2, 0) is 0 Å². The first-order valence-corrected chi connectivity index (χ1v) is 5.35. The molecule has 0 saturated heterocycles. The van der Waals surface area contributed by atoms with E-state index in [1.807, 2.05) is 4.57 Å². The standard InChI is InChI=1S/C10H12N4O2/c15-7-3-1-2-6(7)14-5-13-8-9(14)11-4-12-10(8)16/h4-7,15H,1-3H2,(H,11,12,16)/t6-,7+/m1/s1. The van der Waals surface area contributed by atoms with Gasteiger partial charge in [0.05, 0.1) is 24.8 Å². The Morgan fingerprint density at radius 3 is 3.06 bits per heavy atom. The van der Waals surface area contributed by atoms with Crippen LogP contribution in [0.25, 0.3) is 11.2 Å². The predicted molar refractivity (Wildman–Crippen MR) is 57.0 cm³/mol. The van der Waals surface area contributed by atoms with Crippen molar-refractivity contribution in [2.24, 2.45) is 0 Å². The van der Waals surface area contributed by atoms with Crippen molar-refractivity contribution in [3.05, 3.63) is 23.0 Å². The van der Waals surface area contributed by atoms with Gasteiger partial charge in [0.25, 0.3) is 5.56 Å². The summed E-state index contributed by atoms with van der Waals surface area (Å²) in [4.78, 5) is 22.1. The van der Waals surface area contributed by atoms with Crippen molar-refractivity contribution in [3.8, 4) is 0 Å². The highest BCUT2D eigenvalue weighted by Crippen LogP contribution is 2.31. The van der Waals surface area contributed by atoms with Gasteiger partial charge in [-0.2, -0.15) is 0 Å². The third-order valence-corrected chi connectivity index (χ3v) is 3.17. The van der Waals surface area contributed by atoms with E-state index in [-0.39, 0.29) is 17.7 Å². The summed E-state index contributed by atoms with van der Waals surface area (Å²) in [5.74, 6) is 0. The lowest BCUT2D eigenvalue weighted by Crippen LogP contribution is -2.18. The Bertz CT molecular complexity index is 573. The Morgan fingerprint density at radius 1 is 1.44 bits per heavy atom. The molecule has 2 aromatic rings. The molecule has 6 nitrogen and oxygen atoms in total. The number of H-pyrrole nitrogens is 1. The maximum Gasteiger partial charge on any atom is 0.278 e. The number of fused-ring (bicyclic) bond motifs is 1. The van der Waals surface area contributed by atoms with Gasteiger partial charge in [-0.15, -0.1) is 0 Å². The molecule has 2 atom stereocenters. The Balaban J connectivity index is 2.18. The van der Waals surface area contributed by atoms with Crippen LogP contribution in [0.4, 0.5) is 0 Å². The van der Waals surface area contributed by atoms with Crippen LogP contribution in [0.3, 0.4) is 0 Å². The zero-order chi connectivity index (χ0) is 11.1. The van der Waals surface area contributed by atoms with E-state index < -0.39 is 0 Å². The number of rotatable bonds is 1. The molecule has 0 bridgehead atoms. The minimum Gasteiger partial charge on any atom is -0.391 e. The van der Waals surface area contributed by atoms with Crippen LogP contribution in [0, 0.1) is 0 Å². The van der Waals surface area contributed by atoms with Gasteiger partial charge in [-0.05, 0) is 19.3 Å². The van der Waals surface area contributed by atoms with Crippen LogP contribution < -0.4 is 5.56 Å². The molecule has 0 radical (unpaired) electrons. The maximum absolute atomic E-state index is 11.5. The smallest absolute Gasteiger partial charge is 0.278 e. The molecule has 16 heavy (non-hydrogen) atoms. The Labute approximate surface area is 91.0 Å². The normalized spacial score (nSPS) is 25.3. The molecule has 1 saturated carbocycles. The predicted octanol–water partition coefficient (Wildman–Crippen LogP) is 0.206. The molecule has 1 aliphatic rings. The fourth-order valence-corrected chi connectivity index (χ4v) is 2.35. The van der Waals surface area contributed by atoms with E-state index in [0.29, 0.717) is 11.2 Å². The number of aliphatic hydroxyl groups is 1. The monoisotopic (exact) mass is 220 g/mol. The third kappa shape index (κ3) is 1.26. The highest BCUT2D eigenvalue weighted by Gasteiger charge is 2.28. The Kier molecular flexibility index (Phi) is 2.03. The van der Waals surface area contributed by atoms with Crippen LogP contribution in [0.5, 0.6) is 0 Å². The fourth-order valence-electron chi connectivity index (χ4n) is 2.35. The second kappa shape index (κ2) is 3.41. The van der Waals surface area contributed by atoms with Crippen molar-refractivity contribution < 1.29 is 5.11 Å². The molecule has 6 heteroatoms. The van der Waals surface area contributed by atoms with Crippen LogP contribution in [0.15, 0.2) is 17.4 Å². The molecule has 2 N–H and O–H groups in total. The van der Waals surface area contributed by atoms with E-state index in [2.05, 4.69) is 15.0 Å². The Morgan fingerprint density at radius 2 is 2.31 bits per heavy atom. The maximum atomic E-state index is 11.5. The van der Waals surface area contributed by atoms with Crippen LogP contribution >= 0.6 is 0 Å². The number of imidazole rings is 1. The van der Waals surface area contributed by atoms with E-state index >= 15 is 0 Å².